The van der Waals surface area contributed by atoms with E-state index < -0.39 is 0 Å². The lowest BCUT2D eigenvalue weighted by molar-refractivity contribution is 0.392. The molecule has 4 rings (SSSR count). The van der Waals surface area contributed by atoms with Gasteiger partial charge in [0.1, 0.15) is 16.3 Å². The first kappa shape index (κ1) is 12.5. The Bertz CT molecular complexity index is 827. The van der Waals surface area contributed by atoms with Crippen LogP contribution in [0.5, 0.6) is 5.88 Å². The highest BCUT2D eigenvalue weighted by Gasteiger charge is 2.21. The zero-order chi connectivity index (χ0) is 14.4. The highest BCUT2D eigenvalue weighted by atomic mass is 32.1. The molecule has 106 valence electrons. The second kappa shape index (κ2) is 4.63. The van der Waals surface area contributed by atoms with Crippen LogP contribution in [-0.2, 0) is 12.8 Å². The van der Waals surface area contributed by atoms with Crippen molar-refractivity contribution in [1.29, 1.82) is 0 Å². The topological polar surface area (TPSA) is 86.8 Å². The lowest BCUT2D eigenvalue weighted by atomic mass is 10.2. The van der Waals surface area contributed by atoms with Crippen LogP contribution in [0.1, 0.15) is 16.9 Å². The molecule has 3 aromatic rings. The van der Waals surface area contributed by atoms with Gasteiger partial charge in [-0.05, 0) is 30.9 Å². The predicted molar refractivity (Wildman–Crippen MR) is 81.4 cm³/mol. The van der Waals surface area contributed by atoms with E-state index in [0.717, 1.165) is 23.1 Å². The zero-order valence-corrected chi connectivity index (χ0v) is 12.3. The fourth-order valence-corrected chi connectivity index (χ4v) is 3.96. The quantitative estimate of drug-likeness (QED) is 0.781. The molecule has 0 saturated carbocycles. The van der Waals surface area contributed by atoms with E-state index in [1.54, 1.807) is 30.6 Å². The van der Waals surface area contributed by atoms with Gasteiger partial charge in [-0.1, -0.05) is 0 Å². The minimum atomic E-state index is 0.461. The number of ether oxygens (including phenoxy) is 1. The Labute approximate surface area is 125 Å². The Kier molecular flexibility index (Phi) is 2.75. The molecule has 21 heavy (non-hydrogen) atoms. The summed E-state index contributed by atoms with van der Waals surface area (Å²) in [5.74, 6) is 1.50. The number of aryl methyl sites for hydroxylation is 2. The van der Waals surface area contributed by atoms with Crippen LogP contribution in [0.3, 0.4) is 0 Å². The van der Waals surface area contributed by atoms with Gasteiger partial charge in [0.2, 0.25) is 5.88 Å². The van der Waals surface area contributed by atoms with Crippen LogP contribution in [0.2, 0.25) is 0 Å². The summed E-state index contributed by atoms with van der Waals surface area (Å²) in [5, 5.41) is 9.05. The average molecular weight is 299 g/mol. The van der Waals surface area contributed by atoms with Gasteiger partial charge < -0.3 is 10.5 Å². The van der Waals surface area contributed by atoms with Gasteiger partial charge in [0, 0.05) is 10.9 Å². The number of nitrogen functional groups attached to an aromatic ring is 1. The number of hydrogen-bond donors (Lipinski definition) is 1. The van der Waals surface area contributed by atoms with Crippen LogP contribution in [0.4, 0.5) is 5.82 Å². The summed E-state index contributed by atoms with van der Waals surface area (Å²) in [6.45, 7) is 0. The van der Waals surface area contributed by atoms with Crippen LogP contribution in [0.25, 0.3) is 21.7 Å². The second-order valence-electron chi connectivity index (χ2n) is 4.93. The fourth-order valence-electron chi connectivity index (χ4n) is 2.69. The molecule has 0 spiro atoms. The molecule has 2 N–H and O–H groups in total. The van der Waals surface area contributed by atoms with Crippen LogP contribution in [0.15, 0.2) is 12.1 Å². The summed E-state index contributed by atoms with van der Waals surface area (Å²) in [5.41, 5.74) is 8.08. The van der Waals surface area contributed by atoms with Crippen LogP contribution >= 0.6 is 11.3 Å². The van der Waals surface area contributed by atoms with Crippen molar-refractivity contribution in [2.75, 3.05) is 12.8 Å². The van der Waals surface area contributed by atoms with Crippen molar-refractivity contribution in [3.8, 4) is 17.4 Å². The van der Waals surface area contributed by atoms with Crippen molar-refractivity contribution in [3.63, 3.8) is 0 Å². The molecule has 7 heteroatoms. The molecule has 0 aliphatic heterocycles. The zero-order valence-electron chi connectivity index (χ0n) is 11.5. The summed E-state index contributed by atoms with van der Waals surface area (Å²) in [6, 6.07) is 3.52. The maximum atomic E-state index is 6.15. The van der Waals surface area contributed by atoms with E-state index in [2.05, 4.69) is 20.2 Å². The summed E-state index contributed by atoms with van der Waals surface area (Å²) >= 11 is 1.71. The molecule has 0 saturated heterocycles. The molecule has 0 fully saturated rings. The van der Waals surface area contributed by atoms with E-state index in [0.29, 0.717) is 23.2 Å². The smallest absolute Gasteiger partial charge is 0.233 e. The molecule has 1 aliphatic carbocycles. The largest absolute Gasteiger partial charge is 0.480 e. The summed E-state index contributed by atoms with van der Waals surface area (Å²) in [4.78, 5) is 11.4. The van der Waals surface area contributed by atoms with Crippen molar-refractivity contribution in [3.05, 3.63) is 22.6 Å². The molecule has 1 aliphatic rings. The number of fused-ring (bicyclic) bond motifs is 3. The first-order valence-corrected chi connectivity index (χ1v) is 7.54. The highest BCUT2D eigenvalue weighted by molar-refractivity contribution is 7.19. The Balaban J connectivity index is 1.86. The standard InChI is InChI=1S/C14H13N5OS/c1-20-10-6-5-8(18-19-10)13-16-12(15)11-7-3-2-4-9(7)21-14(11)17-13/h5-6H,2-4H2,1H3,(H2,15,16,17). The van der Waals surface area contributed by atoms with Gasteiger partial charge in [0.05, 0.1) is 12.5 Å². The number of methoxy groups -OCH3 is 1. The van der Waals surface area contributed by atoms with Crippen molar-refractivity contribution in [2.45, 2.75) is 19.3 Å². The Morgan fingerprint density at radius 1 is 1.19 bits per heavy atom. The predicted octanol–water partition coefficient (Wildman–Crippen LogP) is 2.23. The summed E-state index contributed by atoms with van der Waals surface area (Å²) in [7, 11) is 1.55. The molecule has 0 bridgehead atoms. The van der Waals surface area contributed by atoms with Crippen LogP contribution in [0, 0.1) is 0 Å². The van der Waals surface area contributed by atoms with Crippen molar-refractivity contribution >= 4 is 27.4 Å². The third kappa shape index (κ3) is 1.92. The van der Waals surface area contributed by atoms with E-state index in [-0.39, 0.29) is 0 Å². The molecule has 3 aromatic heterocycles. The summed E-state index contributed by atoms with van der Waals surface area (Å²) < 4.78 is 5.00. The molecule has 0 aromatic carbocycles. The van der Waals surface area contributed by atoms with E-state index in [1.165, 1.54) is 16.9 Å². The molecular weight excluding hydrogens is 286 g/mol. The third-order valence-corrected chi connectivity index (χ3v) is 4.86. The van der Waals surface area contributed by atoms with Crippen molar-refractivity contribution in [1.82, 2.24) is 20.2 Å². The average Bonchev–Trinajstić information content (AvgIpc) is 3.07. The number of anilines is 1. The number of thiophene rings is 1. The minimum Gasteiger partial charge on any atom is -0.480 e. The van der Waals surface area contributed by atoms with E-state index >= 15 is 0 Å². The van der Waals surface area contributed by atoms with Gasteiger partial charge in [0.25, 0.3) is 0 Å². The van der Waals surface area contributed by atoms with E-state index in [1.807, 2.05) is 0 Å². The number of nitrogens with two attached hydrogens (primary N) is 1. The molecule has 0 unspecified atom stereocenters. The molecular formula is C14H13N5OS. The first-order chi connectivity index (χ1) is 10.3. The SMILES string of the molecule is COc1ccc(-c2nc(N)c3c4c(sc3n2)CCC4)nn1. The molecule has 0 amide bonds. The van der Waals surface area contributed by atoms with Crippen LogP contribution < -0.4 is 10.5 Å². The molecule has 3 heterocycles. The number of rotatable bonds is 2. The molecule has 0 radical (unpaired) electrons. The third-order valence-electron chi connectivity index (χ3n) is 3.67. The lowest BCUT2D eigenvalue weighted by Crippen LogP contribution is -2.00. The van der Waals surface area contributed by atoms with E-state index in [9.17, 15) is 0 Å². The fraction of sp³-hybridized carbons (Fsp3) is 0.286. The molecule has 0 atom stereocenters. The number of aromatic nitrogens is 4. The first-order valence-electron chi connectivity index (χ1n) is 6.72. The Morgan fingerprint density at radius 2 is 2.10 bits per heavy atom. The minimum absolute atomic E-state index is 0.461. The van der Waals surface area contributed by atoms with Crippen molar-refractivity contribution in [2.24, 2.45) is 0 Å². The van der Waals surface area contributed by atoms with E-state index in [4.69, 9.17) is 10.5 Å². The molecule has 6 nitrogen and oxygen atoms in total. The van der Waals surface area contributed by atoms with Crippen molar-refractivity contribution < 1.29 is 4.74 Å². The number of nitrogens with zero attached hydrogens (tertiary/aromatic N) is 4. The Hall–Kier alpha value is -2.28. The van der Waals surface area contributed by atoms with Gasteiger partial charge in [-0.2, -0.15) is 0 Å². The summed E-state index contributed by atoms with van der Waals surface area (Å²) in [6.07, 6.45) is 3.39. The van der Waals surface area contributed by atoms with Gasteiger partial charge in [-0.25, -0.2) is 9.97 Å². The monoisotopic (exact) mass is 299 g/mol. The van der Waals surface area contributed by atoms with Gasteiger partial charge >= 0.3 is 0 Å². The maximum Gasteiger partial charge on any atom is 0.233 e. The van der Waals surface area contributed by atoms with Gasteiger partial charge in [-0.15, -0.1) is 21.5 Å². The van der Waals surface area contributed by atoms with Gasteiger partial charge in [0.15, 0.2) is 5.82 Å². The highest BCUT2D eigenvalue weighted by Crippen LogP contribution is 2.39. The van der Waals surface area contributed by atoms with Crippen LogP contribution in [-0.4, -0.2) is 27.3 Å². The number of hydrogen-bond acceptors (Lipinski definition) is 7. The second-order valence-corrected chi connectivity index (χ2v) is 6.01. The lowest BCUT2D eigenvalue weighted by Gasteiger charge is -2.03. The Morgan fingerprint density at radius 3 is 2.86 bits per heavy atom. The maximum absolute atomic E-state index is 6.15. The van der Waals surface area contributed by atoms with Gasteiger partial charge in [-0.3, -0.25) is 0 Å². The normalized spacial score (nSPS) is 13.6.